The van der Waals surface area contributed by atoms with E-state index in [2.05, 4.69) is 17.6 Å². The van der Waals surface area contributed by atoms with Crippen molar-refractivity contribution in [3.05, 3.63) is 23.8 Å². The molecule has 4 N–H and O–H groups in total. The molecule has 1 aliphatic rings. The van der Waals surface area contributed by atoms with Gasteiger partial charge in [-0.05, 0) is 49.7 Å². The number of nitrogens with two attached hydrogens (primary N) is 1. The lowest BCUT2D eigenvalue weighted by Gasteiger charge is -2.18. The van der Waals surface area contributed by atoms with E-state index in [1.165, 1.54) is 5.56 Å². The van der Waals surface area contributed by atoms with Gasteiger partial charge in [-0.2, -0.15) is 0 Å². The first-order chi connectivity index (χ1) is 9.19. The summed E-state index contributed by atoms with van der Waals surface area (Å²) >= 11 is 0. The molecule has 1 atom stereocenters. The molecule has 0 radical (unpaired) electrons. The Morgan fingerprint density at radius 2 is 2.37 bits per heavy atom. The molecule has 0 aromatic heterocycles. The molecule has 1 unspecified atom stereocenters. The number of carbonyl (C=O) groups is 1. The third-order valence-electron chi connectivity index (χ3n) is 3.16. The molecule has 1 aliphatic heterocycles. The Hall–Kier alpha value is -1.59. The number of nitrogens with one attached hydrogen (secondary N) is 2. The molecule has 5 nitrogen and oxygen atoms in total. The maximum atomic E-state index is 11.2. The molecule has 5 heteroatoms. The summed E-state index contributed by atoms with van der Waals surface area (Å²) in [5, 5.41) is 6.19. The predicted octanol–water partition coefficient (Wildman–Crippen LogP) is 0.744. The van der Waals surface area contributed by atoms with Crippen molar-refractivity contribution in [3.8, 4) is 5.75 Å². The van der Waals surface area contributed by atoms with Crippen LogP contribution in [-0.2, 0) is 11.2 Å². The average molecular weight is 263 g/mol. The predicted molar refractivity (Wildman–Crippen MR) is 75.4 cm³/mol. The van der Waals surface area contributed by atoms with E-state index < -0.39 is 0 Å². The number of amides is 1. The first kappa shape index (κ1) is 13.8. The lowest BCUT2D eigenvalue weighted by molar-refractivity contribution is -0.118. The minimum absolute atomic E-state index is 0.0976. The summed E-state index contributed by atoms with van der Waals surface area (Å²) in [6.07, 6.45) is 0.917. The maximum absolute atomic E-state index is 11.2. The van der Waals surface area contributed by atoms with Gasteiger partial charge in [0.2, 0.25) is 0 Å². The second-order valence-corrected chi connectivity index (χ2v) is 4.96. The molecule has 0 bridgehead atoms. The summed E-state index contributed by atoms with van der Waals surface area (Å²) in [4.78, 5) is 11.2. The molecule has 0 fully saturated rings. The van der Waals surface area contributed by atoms with Gasteiger partial charge in [-0.15, -0.1) is 0 Å². The highest BCUT2D eigenvalue weighted by molar-refractivity contribution is 5.95. The SMILES string of the molecule is CC(CN)CNCCc1ccc2c(c1)NC(=O)CO2. The van der Waals surface area contributed by atoms with Crippen LogP contribution in [0.2, 0.25) is 0 Å². The van der Waals surface area contributed by atoms with E-state index in [1.807, 2.05) is 18.2 Å². The molecule has 19 heavy (non-hydrogen) atoms. The Morgan fingerprint density at radius 3 is 3.16 bits per heavy atom. The van der Waals surface area contributed by atoms with Crippen LogP contribution < -0.4 is 21.1 Å². The van der Waals surface area contributed by atoms with Crippen LogP contribution in [-0.4, -0.2) is 32.1 Å². The average Bonchev–Trinajstić information content (AvgIpc) is 2.42. The van der Waals surface area contributed by atoms with Gasteiger partial charge in [0.25, 0.3) is 5.91 Å². The van der Waals surface area contributed by atoms with Crippen molar-refractivity contribution in [2.24, 2.45) is 11.7 Å². The summed E-state index contributed by atoms with van der Waals surface area (Å²) in [5.41, 5.74) is 7.51. The fourth-order valence-corrected chi connectivity index (χ4v) is 1.95. The van der Waals surface area contributed by atoms with Gasteiger partial charge in [-0.3, -0.25) is 4.79 Å². The first-order valence-electron chi connectivity index (χ1n) is 6.65. The van der Waals surface area contributed by atoms with Gasteiger partial charge in [0.1, 0.15) is 5.75 Å². The monoisotopic (exact) mass is 263 g/mol. The highest BCUT2D eigenvalue weighted by Gasteiger charge is 2.15. The van der Waals surface area contributed by atoms with Crippen LogP contribution >= 0.6 is 0 Å². The Labute approximate surface area is 113 Å². The third kappa shape index (κ3) is 3.94. The van der Waals surface area contributed by atoms with Crippen LogP contribution in [0.1, 0.15) is 12.5 Å². The molecule has 0 spiro atoms. The Balaban J connectivity index is 1.84. The molecule has 0 aliphatic carbocycles. The van der Waals surface area contributed by atoms with Gasteiger partial charge in [0.05, 0.1) is 5.69 Å². The van der Waals surface area contributed by atoms with E-state index in [1.54, 1.807) is 0 Å². The fourth-order valence-electron chi connectivity index (χ4n) is 1.95. The van der Waals surface area contributed by atoms with Gasteiger partial charge in [0.15, 0.2) is 6.61 Å². The van der Waals surface area contributed by atoms with Gasteiger partial charge in [-0.25, -0.2) is 0 Å². The zero-order valence-corrected chi connectivity index (χ0v) is 11.2. The fraction of sp³-hybridized carbons (Fsp3) is 0.500. The zero-order chi connectivity index (χ0) is 13.7. The van der Waals surface area contributed by atoms with E-state index in [9.17, 15) is 4.79 Å². The van der Waals surface area contributed by atoms with Crippen LogP contribution in [0.5, 0.6) is 5.75 Å². The first-order valence-corrected chi connectivity index (χ1v) is 6.65. The number of fused-ring (bicyclic) bond motifs is 1. The van der Waals surface area contributed by atoms with Crippen LogP contribution in [0, 0.1) is 5.92 Å². The highest BCUT2D eigenvalue weighted by Crippen LogP contribution is 2.28. The molecule has 1 aromatic carbocycles. The van der Waals surface area contributed by atoms with Crippen LogP contribution in [0.25, 0.3) is 0 Å². The molecule has 0 saturated heterocycles. The number of carbonyl (C=O) groups excluding carboxylic acids is 1. The van der Waals surface area contributed by atoms with E-state index in [0.29, 0.717) is 12.5 Å². The van der Waals surface area contributed by atoms with Crippen molar-refractivity contribution in [2.45, 2.75) is 13.3 Å². The number of hydrogen-bond donors (Lipinski definition) is 3. The Bertz CT molecular complexity index is 448. The van der Waals surface area contributed by atoms with Crippen LogP contribution in [0.3, 0.4) is 0 Å². The Kier molecular flexibility index (Phi) is 4.76. The zero-order valence-electron chi connectivity index (χ0n) is 11.2. The van der Waals surface area contributed by atoms with Gasteiger partial charge >= 0.3 is 0 Å². The quantitative estimate of drug-likeness (QED) is 0.662. The van der Waals surface area contributed by atoms with E-state index in [0.717, 1.165) is 30.9 Å². The summed E-state index contributed by atoms with van der Waals surface area (Å²) in [6, 6.07) is 5.91. The summed E-state index contributed by atoms with van der Waals surface area (Å²) in [5.74, 6) is 1.14. The molecular weight excluding hydrogens is 242 g/mol. The number of rotatable bonds is 6. The Morgan fingerprint density at radius 1 is 1.53 bits per heavy atom. The van der Waals surface area contributed by atoms with E-state index in [4.69, 9.17) is 10.5 Å². The number of hydrogen-bond acceptors (Lipinski definition) is 4. The third-order valence-corrected chi connectivity index (χ3v) is 3.16. The number of anilines is 1. The minimum Gasteiger partial charge on any atom is -0.482 e. The van der Waals surface area contributed by atoms with Gasteiger partial charge in [-0.1, -0.05) is 13.0 Å². The van der Waals surface area contributed by atoms with Crippen molar-refractivity contribution in [3.63, 3.8) is 0 Å². The number of ether oxygens (including phenoxy) is 1. The molecule has 0 saturated carbocycles. The van der Waals surface area contributed by atoms with Crippen molar-refractivity contribution >= 4 is 11.6 Å². The minimum atomic E-state index is -0.0976. The standard InChI is InChI=1S/C14H21N3O2/c1-10(7-15)8-16-5-4-11-2-3-13-12(6-11)17-14(18)9-19-13/h2-3,6,10,16H,4-5,7-9,15H2,1H3,(H,17,18). The second kappa shape index (κ2) is 6.54. The van der Waals surface area contributed by atoms with Crippen molar-refractivity contribution in [1.82, 2.24) is 5.32 Å². The molecule has 1 amide bonds. The van der Waals surface area contributed by atoms with E-state index in [-0.39, 0.29) is 12.5 Å². The maximum Gasteiger partial charge on any atom is 0.262 e. The molecule has 104 valence electrons. The largest absolute Gasteiger partial charge is 0.482 e. The highest BCUT2D eigenvalue weighted by atomic mass is 16.5. The lowest BCUT2D eigenvalue weighted by atomic mass is 10.1. The smallest absolute Gasteiger partial charge is 0.262 e. The van der Waals surface area contributed by atoms with Gasteiger partial charge in [0, 0.05) is 0 Å². The molecule has 2 rings (SSSR count). The molecule has 1 heterocycles. The van der Waals surface area contributed by atoms with Gasteiger partial charge < -0.3 is 21.1 Å². The topological polar surface area (TPSA) is 76.4 Å². The van der Waals surface area contributed by atoms with Crippen LogP contribution in [0.15, 0.2) is 18.2 Å². The lowest BCUT2D eigenvalue weighted by Crippen LogP contribution is -2.28. The summed E-state index contributed by atoms with van der Waals surface area (Å²) in [6.45, 7) is 4.76. The van der Waals surface area contributed by atoms with Crippen molar-refractivity contribution < 1.29 is 9.53 Å². The van der Waals surface area contributed by atoms with E-state index >= 15 is 0 Å². The number of benzene rings is 1. The normalized spacial score (nSPS) is 15.4. The summed E-state index contributed by atoms with van der Waals surface area (Å²) in [7, 11) is 0. The second-order valence-electron chi connectivity index (χ2n) is 4.96. The molecular formula is C14H21N3O2. The molecule has 1 aromatic rings. The van der Waals surface area contributed by atoms with Crippen molar-refractivity contribution in [1.29, 1.82) is 0 Å². The summed E-state index contributed by atoms with van der Waals surface area (Å²) < 4.78 is 5.32. The van der Waals surface area contributed by atoms with Crippen LogP contribution in [0.4, 0.5) is 5.69 Å². The van der Waals surface area contributed by atoms with Crippen molar-refractivity contribution in [2.75, 3.05) is 31.6 Å².